The molecule has 2 saturated heterocycles. The monoisotopic (exact) mass is 1060 g/mol. The second-order valence-electron chi connectivity index (χ2n) is 17.4. The fraction of sp³-hybridized carbons (Fsp3) is 0.478. The molecule has 4 aliphatic rings. The van der Waals surface area contributed by atoms with E-state index in [1.54, 1.807) is 25.1 Å². The molecular formula is C46H54N3O20PS2. The molecule has 0 aromatic heterocycles. The summed E-state index contributed by atoms with van der Waals surface area (Å²) >= 11 is 0. The maximum Gasteiger partial charge on any atom is 0.469 e. The summed E-state index contributed by atoms with van der Waals surface area (Å²) in [5.41, 5.74) is 3.25. The number of ketones is 4. The number of hydrogen-bond acceptors (Lipinski definition) is 21. The van der Waals surface area contributed by atoms with Gasteiger partial charge in [0.05, 0.1) is 61.3 Å². The molecule has 390 valence electrons. The predicted octanol–water partition coefficient (Wildman–Crippen LogP) is 2.12. The molecular weight excluding hydrogens is 1010 g/mol. The third kappa shape index (κ3) is 12.0. The normalized spacial score (nSPS) is 22.8. The van der Waals surface area contributed by atoms with Crippen LogP contribution in [0.5, 0.6) is 17.2 Å². The Bertz CT molecular complexity index is 2670. The van der Waals surface area contributed by atoms with Crippen LogP contribution in [0.4, 0.5) is 4.79 Å². The largest absolute Gasteiger partial charge is 0.507 e. The molecule has 72 heavy (non-hydrogen) atoms. The smallest absolute Gasteiger partial charge is 0.469 e. The number of rotatable bonds is 21. The summed E-state index contributed by atoms with van der Waals surface area (Å²) in [5.74, 6) is -4.70. The van der Waals surface area contributed by atoms with Gasteiger partial charge in [-0.05, 0) is 43.5 Å². The van der Waals surface area contributed by atoms with Crippen molar-refractivity contribution >= 4 is 64.5 Å². The van der Waals surface area contributed by atoms with Crippen LogP contribution in [-0.2, 0) is 66.6 Å². The molecule has 0 spiro atoms. The molecule has 3 aromatic rings. The van der Waals surface area contributed by atoms with Crippen LogP contribution in [0.2, 0.25) is 0 Å². The zero-order chi connectivity index (χ0) is 52.2. The summed E-state index contributed by atoms with van der Waals surface area (Å²) < 4.78 is 50.4. The highest BCUT2D eigenvalue weighted by atomic mass is 33.1. The molecule has 2 aliphatic heterocycles. The number of carbonyl (C=O) groups is 6. The molecule has 7 rings (SSSR count). The summed E-state index contributed by atoms with van der Waals surface area (Å²) in [6.45, 7) is 1.12. The Morgan fingerprint density at radius 1 is 1.06 bits per heavy atom. The van der Waals surface area contributed by atoms with Crippen LogP contribution in [0.25, 0.3) is 0 Å². The second kappa shape index (κ2) is 23.1. The van der Waals surface area contributed by atoms with E-state index in [9.17, 15) is 53.8 Å². The molecule has 2 fully saturated rings. The average molecular weight is 1060 g/mol. The first-order valence-electron chi connectivity index (χ1n) is 22.5. The molecule has 23 nitrogen and oxygen atoms in total. The maximum absolute atomic E-state index is 14.1. The Morgan fingerprint density at radius 3 is 2.51 bits per heavy atom. The Balaban J connectivity index is 1.05. The van der Waals surface area contributed by atoms with Crippen LogP contribution in [0.15, 0.2) is 41.3 Å². The molecule has 2 amide bonds. The number of fused-ring (bicyclic) bond motifs is 4. The van der Waals surface area contributed by atoms with E-state index in [-0.39, 0.29) is 79.1 Å². The highest BCUT2D eigenvalue weighted by Crippen LogP contribution is 2.53. The Labute approximate surface area is 419 Å². The number of phosphoric ester groups is 1. The zero-order valence-electron chi connectivity index (χ0n) is 39.1. The van der Waals surface area contributed by atoms with Crippen molar-refractivity contribution in [3.05, 3.63) is 80.9 Å². The fourth-order valence-electron chi connectivity index (χ4n) is 9.02. The molecule has 0 radical (unpaired) electrons. The minimum Gasteiger partial charge on any atom is -0.507 e. The summed E-state index contributed by atoms with van der Waals surface area (Å²) in [7, 11) is -0.788. The third-order valence-electron chi connectivity index (χ3n) is 12.4. The van der Waals surface area contributed by atoms with Crippen molar-refractivity contribution in [3.8, 4) is 17.2 Å². The number of phenolic OH excluding ortho intramolecular Hbond substituents is 2. The average Bonchev–Trinajstić information content (AvgIpc) is 3.77. The fourth-order valence-corrected chi connectivity index (χ4v) is 11.8. The van der Waals surface area contributed by atoms with E-state index in [2.05, 4.69) is 9.84 Å². The molecule has 2 heterocycles. The Kier molecular flexibility index (Phi) is 17.5. The van der Waals surface area contributed by atoms with Gasteiger partial charge in [0, 0.05) is 53.1 Å². The molecule has 9 N–H and O–H groups in total. The van der Waals surface area contributed by atoms with Gasteiger partial charge in [0.15, 0.2) is 23.6 Å². The SMILES string of the molecule is COc1cccc2c1C(=O)c1c(O)c3c(c(O)c1C2=O)CC(O)(C(=O)CO)CC3OC1CC2C(OCN2C(=O)OCc2ccc(SSCC(N)C(=O)NCCOP(=O)(O)O)c(CCOCC(C)=O)c2)C(C)O1. The number of aliphatic hydroxyl groups is 2. The highest BCUT2D eigenvalue weighted by molar-refractivity contribution is 8.76. The number of Topliss-reactive ketones (excluding diaryl/α,β-unsaturated/α-hetero) is 2. The van der Waals surface area contributed by atoms with E-state index in [0.717, 1.165) is 10.5 Å². The second-order valence-corrected chi connectivity index (χ2v) is 21.0. The molecule has 0 bridgehead atoms. The number of phosphoric acid groups is 1. The number of nitrogens with zero attached hydrogens (tertiary/aromatic N) is 1. The van der Waals surface area contributed by atoms with E-state index < -0.39 is 128 Å². The lowest BCUT2D eigenvalue weighted by Gasteiger charge is -2.42. The Hall–Kier alpha value is -4.99. The van der Waals surface area contributed by atoms with Crippen molar-refractivity contribution in [2.45, 2.75) is 93.3 Å². The standard InChI is InChI=1S/C46H54N3O20PS2/c1-22(51)18-64-11-9-25-13-24(7-8-32(25)72-71-20-28(47)44(57)48-10-12-67-70(60,61)62)19-65-45(58)49-21-66-43-23(2)68-34(14-29(43)49)69-31-16-46(59,33(52)17-50)15-27-36(31)42(56)38-37(40(27)54)39(53)26-5-4-6-30(63-3)35(26)41(38)55/h4-8,13,23,28-29,31,34,43,50,54,56,59H,9-12,14-21,47H2,1-3H3,(H,48,57)(H2,60,61,62). The first-order chi connectivity index (χ1) is 34.2. The van der Waals surface area contributed by atoms with Crippen molar-refractivity contribution in [1.82, 2.24) is 10.2 Å². The first kappa shape index (κ1) is 54.8. The van der Waals surface area contributed by atoms with Gasteiger partial charge in [-0.25, -0.2) is 9.36 Å². The van der Waals surface area contributed by atoms with E-state index in [4.69, 9.17) is 43.9 Å². The molecule has 3 aromatic carbocycles. The van der Waals surface area contributed by atoms with Crippen LogP contribution in [0.1, 0.15) is 86.9 Å². The number of phenols is 2. The van der Waals surface area contributed by atoms with Gasteiger partial charge in [-0.1, -0.05) is 45.9 Å². The number of nitrogens with one attached hydrogen (secondary N) is 1. The quantitative estimate of drug-likeness (QED) is 0.0256. The summed E-state index contributed by atoms with van der Waals surface area (Å²) in [5, 5.41) is 47.7. The van der Waals surface area contributed by atoms with Crippen LogP contribution in [0.3, 0.4) is 0 Å². The van der Waals surface area contributed by atoms with Gasteiger partial charge in [0.25, 0.3) is 0 Å². The minimum atomic E-state index is -4.68. The van der Waals surface area contributed by atoms with E-state index in [0.29, 0.717) is 12.0 Å². The molecule has 7 unspecified atom stereocenters. The number of aliphatic hydroxyl groups excluding tert-OH is 1. The van der Waals surface area contributed by atoms with Gasteiger partial charge in [-0.15, -0.1) is 0 Å². The lowest BCUT2D eigenvalue weighted by atomic mass is 9.72. The number of ether oxygens (including phenoxy) is 6. The molecule has 7 atom stereocenters. The highest BCUT2D eigenvalue weighted by Gasteiger charge is 2.52. The van der Waals surface area contributed by atoms with E-state index >= 15 is 0 Å². The number of aromatic hydroxyl groups is 2. The number of amides is 2. The lowest BCUT2D eigenvalue weighted by molar-refractivity contribution is -0.246. The predicted molar refractivity (Wildman–Crippen MR) is 252 cm³/mol. The molecule has 26 heteroatoms. The number of carbonyl (C=O) groups excluding carboxylic acids is 6. The summed E-state index contributed by atoms with van der Waals surface area (Å²) in [6, 6.07) is 7.95. The van der Waals surface area contributed by atoms with Gasteiger partial charge in [-0.2, -0.15) is 0 Å². The topological polar surface area (TPSA) is 347 Å². The van der Waals surface area contributed by atoms with Crippen molar-refractivity contribution in [2.75, 3.05) is 52.6 Å². The van der Waals surface area contributed by atoms with E-state index in [1.165, 1.54) is 58.7 Å². The van der Waals surface area contributed by atoms with Crippen LogP contribution in [-0.4, -0.2) is 159 Å². The number of methoxy groups -OCH3 is 1. The van der Waals surface area contributed by atoms with Crippen LogP contribution in [0, 0.1) is 0 Å². The van der Waals surface area contributed by atoms with Gasteiger partial charge < -0.3 is 69.7 Å². The zero-order valence-corrected chi connectivity index (χ0v) is 41.6. The van der Waals surface area contributed by atoms with Gasteiger partial charge >= 0.3 is 13.9 Å². The lowest BCUT2D eigenvalue weighted by Crippen LogP contribution is -2.52. The maximum atomic E-state index is 14.1. The van der Waals surface area contributed by atoms with Crippen LogP contribution >= 0.6 is 29.4 Å². The molecule has 0 saturated carbocycles. The van der Waals surface area contributed by atoms with Gasteiger partial charge in [0.1, 0.15) is 55.5 Å². The first-order valence-corrected chi connectivity index (χ1v) is 26.3. The van der Waals surface area contributed by atoms with Crippen molar-refractivity contribution < 1.29 is 96.5 Å². The van der Waals surface area contributed by atoms with Crippen molar-refractivity contribution in [3.63, 3.8) is 0 Å². The number of benzene rings is 3. The summed E-state index contributed by atoms with van der Waals surface area (Å²) in [6.07, 6.45) is -5.80. The number of hydrogen-bond donors (Lipinski definition) is 8. The van der Waals surface area contributed by atoms with E-state index in [1.807, 2.05) is 0 Å². The van der Waals surface area contributed by atoms with Crippen molar-refractivity contribution in [1.29, 1.82) is 0 Å². The number of nitrogens with two attached hydrogens (primary N) is 1. The Morgan fingerprint density at radius 2 is 1.81 bits per heavy atom. The van der Waals surface area contributed by atoms with Crippen LogP contribution < -0.4 is 15.8 Å². The third-order valence-corrected chi connectivity index (χ3v) is 15.5. The summed E-state index contributed by atoms with van der Waals surface area (Å²) in [4.78, 5) is 98.6. The minimum absolute atomic E-state index is 0.0457. The van der Waals surface area contributed by atoms with Crippen molar-refractivity contribution in [2.24, 2.45) is 5.73 Å². The molecule has 2 aliphatic carbocycles. The van der Waals surface area contributed by atoms with Gasteiger partial charge in [0.2, 0.25) is 11.7 Å². The van der Waals surface area contributed by atoms with Gasteiger partial charge in [-0.3, -0.25) is 33.4 Å².